The molecule has 1 N–H and O–H groups in total. The maximum Gasteiger partial charge on any atom is 1.00 e. The molecule has 0 aromatic heterocycles. The van der Waals surface area contributed by atoms with Gasteiger partial charge in [-0.2, -0.15) is 0 Å². The van der Waals surface area contributed by atoms with Crippen molar-refractivity contribution >= 4 is 10.4 Å². The van der Waals surface area contributed by atoms with E-state index < -0.39 is 22.1 Å². The first-order chi connectivity index (χ1) is 16.2. The molecule has 204 valence electrons. The van der Waals surface area contributed by atoms with Gasteiger partial charge in [0.25, 0.3) is 0 Å². The predicted octanol–water partition coefficient (Wildman–Crippen LogP) is 4.02. The van der Waals surface area contributed by atoms with Crippen molar-refractivity contribution in [2.45, 2.75) is 131 Å². The molecule has 3 fully saturated rings. The Hall–Kier alpha value is 0.570. The van der Waals surface area contributed by atoms with Crippen LogP contribution >= 0.6 is 0 Å². The van der Waals surface area contributed by atoms with Crippen molar-refractivity contribution in [3.05, 3.63) is 11.6 Å². The normalized spacial score (nSPS) is 38.8. The van der Waals surface area contributed by atoms with Gasteiger partial charge in [0, 0.05) is 0 Å². The molecule has 7 unspecified atom stereocenters. The van der Waals surface area contributed by atoms with Crippen LogP contribution in [0.3, 0.4) is 0 Å². The average Bonchev–Trinajstić information content (AvgIpc) is 3.11. The number of rotatable bonds is 7. The Morgan fingerprint density at radius 2 is 1.81 bits per heavy atom. The van der Waals surface area contributed by atoms with Gasteiger partial charge in [0.15, 0.2) is 0 Å². The Morgan fingerprint density at radius 1 is 1.14 bits per heavy atom. The summed E-state index contributed by atoms with van der Waals surface area (Å²) < 4.78 is 38.2. The van der Waals surface area contributed by atoms with Crippen LogP contribution in [-0.4, -0.2) is 29.8 Å². The molecule has 36 heavy (non-hydrogen) atoms. The summed E-state index contributed by atoms with van der Waals surface area (Å²) in [6, 6.07) is 0. The minimum absolute atomic E-state index is 0. The Bertz CT molecular complexity index is 865. The van der Waals surface area contributed by atoms with Gasteiger partial charge in [-0.15, -0.1) is 0 Å². The van der Waals surface area contributed by atoms with E-state index in [2.05, 4.69) is 26.8 Å². The van der Waals surface area contributed by atoms with E-state index in [9.17, 15) is 18.1 Å². The van der Waals surface area contributed by atoms with E-state index in [1.54, 1.807) is 0 Å². The molecule has 5 nitrogen and oxygen atoms in total. The van der Waals surface area contributed by atoms with Crippen molar-refractivity contribution in [3.8, 4) is 0 Å². The Balaban J connectivity index is 0.00000148. The van der Waals surface area contributed by atoms with Crippen molar-refractivity contribution in [1.29, 1.82) is 0 Å². The van der Waals surface area contributed by atoms with Crippen molar-refractivity contribution in [3.63, 3.8) is 0 Å². The number of hydrogen-bond donors (Lipinski definition) is 1. The molecule has 0 bridgehead atoms. The van der Waals surface area contributed by atoms with Crippen molar-refractivity contribution < 1.29 is 51.8 Å². The fourth-order valence-corrected chi connectivity index (χ4v) is 9.41. The fourth-order valence-electron chi connectivity index (χ4n) is 8.91. The summed E-state index contributed by atoms with van der Waals surface area (Å²) in [6.07, 6.45) is 13.5. The first-order valence-corrected chi connectivity index (χ1v) is 15.6. The number of hydrogen-bond acceptors (Lipinski definition) is 5. The zero-order valence-corrected chi connectivity index (χ0v) is 27.1. The Morgan fingerprint density at radius 3 is 2.42 bits per heavy atom. The molecule has 8 atom stereocenters. The smallest absolute Gasteiger partial charge is 0.726 e. The van der Waals surface area contributed by atoms with Crippen molar-refractivity contribution in [2.75, 3.05) is 0 Å². The van der Waals surface area contributed by atoms with Gasteiger partial charge < -0.3 is 9.66 Å². The summed E-state index contributed by atoms with van der Waals surface area (Å²) in [5, 5.41) is 10.1. The van der Waals surface area contributed by atoms with E-state index in [4.69, 9.17) is 4.18 Å². The summed E-state index contributed by atoms with van der Waals surface area (Å²) in [6.45, 7) is 15.2. The van der Waals surface area contributed by atoms with E-state index >= 15 is 0 Å². The number of aliphatic hydroxyl groups is 1. The molecule has 0 aliphatic heterocycles. The van der Waals surface area contributed by atoms with Gasteiger partial charge in [0.2, 0.25) is 10.4 Å². The maximum atomic E-state index is 11.1. The van der Waals surface area contributed by atoms with Gasteiger partial charge in [-0.05, 0) is 112 Å². The van der Waals surface area contributed by atoms with E-state index in [0.29, 0.717) is 36.0 Å². The summed E-state index contributed by atoms with van der Waals surface area (Å²) in [5.41, 5.74) is 1.30. The van der Waals surface area contributed by atoms with Crippen LogP contribution in [0.5, 0.6) is 0 Å². The van der Waals surface area contributed by atoms with Crippen LogP contribution in [0.1, 0.15) is 119 Å². The van der Waals surface area contributed by atoms with E-state index in [-0.39, 0.29) is 35.0 Å². The molecule has 0 heterocycles. The molecule has 0 radical (unpaired) electrons. The van der Waals surface area contributed by atoms with Crippen molar-refractivity contribution in [1.82, 2.24) is 0 Å². The SMILES string of the molecule is CC.C[C@H](CCCC(C)(C)O)C1CCC2C3CC=C4CC(OS(=O)(=O)[O-])CCC4(C)C3CCC21C.[Na+]. The standard InChI is InChI=1S/C27H46O5S.C2H6.Na/c1-18(7-6-14-25(2,3)28)22-10-11-23-21-9-8-19-17-20(32-33(29,30)31)12-15-26(19,4)24(21)13-16-27(22,23)5;1-2;/h8,18,20-24,28H,6-7,9-17H2,1-5H3,(H,29,30,31);1-2H3;/q;;+1/p-1/t18-,20?,21?,22?,23?,24?,26?,27?;;/m1../s1. The third-order valence-electron chi connectivity index (χ3n) is 10.5. The van der Waals surface area contributed by atoms with Crippen LogP contribution in [0.15, 0.2) is 11.6 Å². The second kappa shape index (κ2) is 12.4. The molecule has 0 spiro atoms. The average molecular weight is 535 g/mol. The van der Waals surface area contributed by atoms with Crippen LogP contribution < -0.4 is 29.6 Å². The van der Waals surface area contributed by atoms with Crippen LogP contribution in [0.4, 0.5) is 0 Å². The summed E-state index contributed by atoms with van der Waals surface area (Å²) in [7, 11) is -4.65. The zero-order valence-electron chi connectivity index (χ0n) is 24.3. The monoisotopic (exact) mass is 534 g/mol. The third-order valence-corrected chi connectivity index (χ3v) is 11.0. The second-order valence-corrected chi connectivity index (χ2v) is 14.0. The number of fused-ring (bicyclic) bond motifs is 5. The quantitative estimate of drug-likeness (QED) is 0.231. The van der Waals surface area contributed by atoms with Crippen LogP contribution in [0, 0.1) is 40.4 Å². The molecule has 3 saturated carbocycles. The molecular formula is C29H51NaO5S. The predicted molar refractivity (Wildman–Crippen MR) is 140 cm³/mol. The van der Waals surface area contributed by atoms with E-state index in [0.717, 1.165) is 37.5 Å². The van der Waals surface area contributed by atoms with Gasteiger partial charge in [-0.25, -0.2) is 8.42 Å². The maximum absolute atomic E-state index is 11.1. The van der Waals surface area contributed by atoms with Crippen molar-refractivity contribution in [2.24, 2.45) is 40.4 Å². The van der Waals surface area contributed by atoms with Crippen LogP contribution in [0.2, 0.25) is 0 Å². The molecule has 4 rings (SSSR count). The topological polar surface area (TPSA) is 86.7 Å². The first kappa shape index (κ1) is 32.8. The largest absolute Gasteiger partial charge is 1.00 e. The summed E-state index contributed by atoms with van der Waals surface area (Å²) >= 11 is 0. The van der Waals surface area contributed by atoms with Gasteiger partial charge in [0.1, 0.15) is 0 Å². The van der Waals surface area contributed by atoms with E-state index in [1.807, 2.05) is 27.7 Å². The fraction of sp³-hybridized carbons (Fsp3) is 0.931. The summed E-state index contributed by atoms with van der Waals surface area (Å²) in [4.78, 5) is 0. The molecule has 0 amide bonds. The molecular weight excluding hydrogens is 483 g/mol. The molecule has 4 aliphatic carbocycles. The third kappa shape index (κ3) is 7.01. The molecule has 0 saturated heterocycles. The Kier molecular flexibility index (Phi) is 11.3. The second-order valence-electron chi connectivity index (χ2n) is 13.0. The molecule has 0 aromatic rings. The van der Waals surface area contributed by atoms with E-state index in [1.165, 1.54) is 37.7 Å². The van der Waals surface area contributed by atoms with Gasteiger partial charge in [0.05, 0.1) is 11.7 Å². The molecule has 7 heteroatoms. The number of allylic oxidation sites excluding steroid dienone is 1. The molecule has 4 aliphatic rings. The van der Waals surface area contributed by atoms with Crippen LogP contribution in [-0.2, 0) is 14.6 Å². The Labute approximate surface area is 243 Å². The molecule has 0 aromatic carbocycles. The zero-order chi connectivity index (χ0) is 26.2. The minimum atomic E-state index is -4.65. The summed E-state index contributed by atoms with van der Waals surface area (Å²) in [5.74, 6) is 3.61. The van der Waals surface area contributed by atoms with Gasteiger partial charge in [-0.3, -0.25) is 4.18 Å². The van der Waals surface area contributed by atoms with Gasteiger partial charge in [-0.1, -0.05) is 59.1 Å². The first-order valence-electron chi connectivity index (χ1n) is 14.3. The van der Waals surface area contributed by atoms with Gasteiger partial charge >= 0.3 is 29.6 Å². The minimum Gasteiger partial charge on any atom is -0.726 e. The van der Waals surface area contributed by atoms with Crippen LogP contribution in [0.25, 0.3) is 0 Å².